The quantitative estimate of drug-likeness (QED) is 0.240. The number of rotatable bonds is 13. The Morgan fingerprint density at radius 3 is 2.00 bits per heavy atom. The van der Waals surface area contributed by atoms with Gasteiger partial charge in [0.1, 0.15) is 17.7 Å². The number of aryl methyl sites for hydroxylation is 4. The van der Waals surface area contributed by atoms with E-state index in [0.29, 0.717) is 24.5 Å². The first-order chi connectivity index (χ1) is 20.0. The van der Waals surface area contributed by atoms with E-state index in [0.717, 1.165) is 39.9 Å². The van der Waals surface area contributed by atoms with E-state index in [1.54, 1.807) is 37.4 Å². The molecule has 3 atom stereocenters. The number of para-hydroxylation sites is 1. The predicted molar refractivity (Wildman–Crippen MR) is 180 cm³/mol. The van der Waals surface area contributed by atoms with Crippen LogP contribution in [0.2, 0.25) is 0 Å². The van der Waals surface area contributed by atoms with Crippen LogP contribution in [0.25, 0.3) is 0 Å². The molecule has 3 amide bonds. The van der Waals surface area contributed by atoms with Gasteiger partial charge in [-0.2, -0.15) is 11.8 Å². The van der Waals surface area contributed by atoms with Crippen LogP contribution in [0.3, 0.4) is 0 Å². The maximum Gasteiger partial charge on any atom is 0.408 e. The third-order valence-corrected chi connectivity index (χ3v) is 7.95. The van der Waals surface area contributed by atoms with Gasteiger partial charge in [-0.15, -0.1) is 0 Å². The Bertz CT molecular complexity index is 1210. The normalized spacial score (nSPS) is 13.7. The van der Waals surface area contributed by atoms with Crippen LogP contribution in [0.4, 0.5) is 10.5 Å². The van der Waals surface area contributed by atoms with Crippen LogP contribution in [0.15, 0.2) is 36.4 Å². The summed E-state index contributed by atoms with van der Waals surface area (Å²) in [7, 11) is 0. The SMILES string of the molecule is CSCCC(NC(=O)OC(C)(C)C)C(=O)N(C(C)CCC(C)C)C(C(=O)Nc1c(C)cccc1C)c1cc(C)cc(C)c1. The number of alkyl carbamates (subject to hydrolysis) is 1. The Morgan fingerprint density at radius 1 is 0.907 bits per heavy atom. The van der Waals surface area contributed by atoms with Crippen molar-refractivity contribution in [2.45, 2.75) is 112 Å². The summed E-state index contributed by atoms with van der Waals surface area (Å²) in [5.41, 5.74) is 4.68. The van der Waals surface area contributed by atoms with Crippen LogP contribution in [0.5, 0.6) is 0 Å². The van der Waals surface area contributed by atoms with E-state index < -0.39 is 23.8 Å². The van der Waals surface area contributed by atoms with Gasteiger partial charge in [0.05, 0.1) is 0 Å². The number of carbonyl (C=O) groups excluding carboxylic acids is 3. The molecule has 3 unspecified atom stereocenters. The third-order valence-electron chi connectivity index (χ3n) is 7.31. The van der Waals surface area contributed by atoms with Crippen molar-refractivity contribution in [2.75, 3.05) is 17.3 Å². The number of anilines is 1. The van der Waals surface area contributed by atoms with Crippen molar-refractivity contribution in [3.8, 4) is 0 Å². The van der Waals surface area contributed by atoms with Crippen LogP contribution in [-0.2, 0) is 14.3 Å². The third kappa shape index (κ3) is 11.2. The van der Waals surface area contributed by atoms with Gasteiger partial charge in [0, 0.05) is 11.7 Å². The van der Waals surface area contributed by atoms with Gasteiger partial charge in [-0.3, -0.25) is 9.59 Å². The molecule has 7 nitrogen and oxygen atoms in total. The number of hydrogen-bond donors (Lipinski definition) is 2. The molecule has 0 aliphatic carbocycles. The van der Waals surface area contributed by atoms with E-state index in [1.165, 1.54) is 0 Å². The van der Waals surface area contributed by atoms with Crippen molar-refractivity contribution in [3.05, 3.63) is 64.2 Å². The van der Waals surface area contributed by atoms with E-state index in [-0.39, 0.29) is 17.9 Å². The summed E-state index contributed by atoms with van der Waals surface area (Å²) in [4.78, 5) is 43.8. The molecular formula is C35H53N3O4S. The molecule has 8 heteroatoms. The molecule has 0 radical (unpaired) electrons. The monoisotopic (exact) mass is 611 g/mol. The van der Waals surface area contributed by atoms with Gasteiger partial charge in [0.25, 0.3) is 5.91 Å². The molecule has 2 rings (SSSR count). The molecule has 0 aromatic heterocycles. The van der Waals surface area contributed by atoms with Crippen molar-refractivity contribution >= 4 is 35.4 Å². The summed E-state index contributed by atoms with van der Waals surface area (Å²) < 4.78 is 5.54. The van der Waals surface area contributed by atoms with Crippen molar-refractivity contribution in [1.29, 1.82) is 0 Å². The fourth-order valence-corrected chi connectivity index (χ4v) is 5.72. The molecule has 0 spiro atoms. The summed E-state index contributed by atoms with van der Waals surface area (Å²) in [6, 6.07) is 9.87. The average Bonchev–Trinajstić information content (AvgIpc) is 2.88. The van der Waals surface area contributed by atoms with Gasteiger partial charge in [-0.1, -0.05) is 61.4 Å². The minimum absolute atomic E-state index is 0.276. The Balaban J connectivity index is 2.71. The average molecular weight is 612 g/mol. The van der Waals surface area contributed by atoms with E-state index in [9.17, 15) is 14.4 Å². The second-order valence-corrected chi connectivity index (χ2v) is 14.1. The molecule has 0 aliphatic heterocycles. The van der Waals surface area contributed by atoms with Crippen molar-refractivity contribution in [3.63, 3.8) is 0 Å². The van der Waals surface area contributed by atoms with Gasteiger partial charge in [0.2, 0.25) is 5.91 Å². The first kappa shape index (κ1) is 36.2. The summed E-state index contributed by atoms with van der Waals surface area (Å²) in [6.07, 6.45) is 3.32. The lowest BCUT2D eigenvalue weighted by molar-refractivity contribution is -0.143. The van der Waals surface area contributed by atoms with Crippen molar-refractivity contribution in [1.82, 2.24) is 10.2 Å². The molecule has 0 saturated heterocycles. The van der Waals surface area contributed by atoms with Crippen molar-refractivity contribution < 1.29 is 19.1 Å². The summed E-state index contributed by atoms with van der Waals surface area (Å²) >= 11 is 1.60. The van der Waals surface area contributed by atoms with E-state index in [4.69, 9.17) is 4.74 Å². The second-order valence-electron chi connectivity index (χ2n) is 13.1. The van der Waals surface area contributed by atoms with Crippen molar-refractivity contribution in [2.24, 2.45) is 5.92 Å². The van der Waals surface area contributed by atoms with Crippen LogP contribution >= 0.6 is 11.8 Å². The number of nitrogens with one attached hydrogen (secondary N) is 2. The lowest BCUT2D eigenvalue weighted by atomic mass is 9.94. The Hall–Kier alpha value is -3.00. The minimum Gasteiger partial charge on any atom is -0.444 e. The first-order valence-electron chi connectivity index (χ1n) is 15.3. The summed E-state index contributed by atoms with van der Waals surface area (Å²) in [6.45, 7) is 19.6. The maximum absolute atomic E-state index is 14.7. The molecule has 2 N–H and O–H groups in total. The molecule has 0 bridgehead atoms. The largest absolute Gasteiger partial charge is 0.444 e. The molecule has 0 fully saturated rings. The van der Waals surface area contributed by atoms with E-state index >= 15 is 0 Å². The highest BCUT2D eigenvalue weighted by Crippen LogP contribution is 2.31. The smallest absolute Gasteiger partial charge is 0.408 e. The fraction of sp³-hybridized carbons (Fsp3) is 0.571. The maximum atomic E-state index is 14.7. The van der Waals surface area contributed by atoms with Gasteiger partial charge < -0.3 is 20.3 Å². The number of hydrogen-bond acceptors (Lipinski definition) is 5. The fourth-order valence-electron chi connectivity index (χ4n) is 5.24. The lowest BCUT2D eigenvalue weighted by Gasteiger charge is -2.39. The first-order valence-corrected chi connectivity index (χ1v) is 16.7. The van der Waals surface area contributed by atoms with Crippen LogP contribution in [-0.4, -0.2) is 52.5 Å². The van der Waals surface area contributed by atoms with Crippen LogP contribution < -0.4 is 10.6 Å². The molecule has 238 valence electrons. The summed E-state index contributed by atoms with van der Waals surface area (Å²) in [5.74, 6) is 0.503. The lowest BCUT2D eigenvalue weighted by Crippen LogP contribution is -2.55. The van der Waals surface area contributed by atoms with Gasteiger partial charge in [0.15, 0.2) is 0 Å². The molecular weight excluding hydrogens is 558 g/mol. The van der Waals surface area contributed by atoms with Gasteiger partial charge in [-0.25, -0.2) is 4.79 Å². The van der Waals surface area contributed by atoms with Gasteiger partial charge >= 0.3 is 6.09 Å². The Labute approximate surface area is 263 Å². The Morgan fingerprint density at radius 2 is 1.49 bits per heavy atom. The number of carbonyl (C=O) groups is 3. The topological polar surface area (TPSA) is 87.7 Å². The highest BCUT2D eigenvalue weighted by molar-refractivity contribution is 7.98. The molecule has 0 heterocycles. The highest BCUT2D eigenvalue weighted by Gasteiger charge is 2.39. The second kappa shape index (κ2) is 16.2. The van der Waals surface area contributed by atoms with Gasteiger partial charge in [-0.05, 0) is 109 Å². The number of benzene rings is 2. The Kier molecular flexibility index (Phi) is 13.6. The standard InChI is InChI=1S/C35H53N3O4S/c1-22(2)15-16-27(7)38(33(40)29(17-18-43-11)36-34(41)42-35(8,9)10)31(28-20-23(3)19-24(4)21-28)32(39)37-30-25(5)13-12-14-26(30)6/h12-14,19-22,27,29,31H,15-18H2,1-11H3,(H,36,41)(H,37,39). The molecule has 0 saturated carbocycles. The molecule has 43 heavy (non-hydrogen) atoms. The zero-order valence-corrected chi connectivity index (χ0v) is 28.9. The summed E-state index contributed by atoms with van der Waals surface area (Å²) in [5, 5.41) is 6.02. The molecule has 2 aromatic rings. The molecule has 0 aliphatic rings. The highest BCUT2D eigenvalue weighted by atomic mass is 32.2. The van der Waals surface area contributed by atoms with E-state index in [2.05, 4.69) is 30.5 Å². The zero-order valence-electron chi connectivity index (χ0n) is 28.1. The van der Waals surface area contributed by atoms with E-state index in [1.807, 2.05) is 71.2 Å². The number of amides is 3. The number of nitrogens with zero attached hydrogens (tertiary/aromatic N) is 1. The molecule has 2 aromatic carbocycles. The zero-order chi connectivity index (χ0) is 32.5. The number of thioether (sulfide) groups is 1. The number of ether oxygens (including phenoxy) is 1. The van der Waals surface area contributed by atoms with Crippen LogP contribution in [0, 0.1) is 33.6 Å². The minimum atomic E-state index is -0.913. The van der Waals surface area contributed by atoms with Crippen LogP contribution in [0.1, 0.15) is 94.7 Å². The predicted octanol–water partition coefficient (Wildman–Crippen LogP) is 7.90.